The Bertz CT molecular complexity index is 863. The minimum Gasteiger partial charge on any atom is -0.376 e. The molecule has 0 radical (unpaired) electrons. The second-order valence-electron chi connectivity index (χ2n) is 8.45. The van der Waals surface area contributed by atoms with Gasteiger partial charge in [0.1, 0.15) is 6.10 Å². The summed E-state index contributed by atoms with van der Waals surface area (Å²) < 4.78 is 17.9. The van der Waals surface area contributed by atoms with Gasteiger partial charge in [-0.1, -0.05) is 72.0 Å². The first-order valence-corrected chi connectivity index (χ1v) is 10.8. The van der Waals surface area contributed by atoms with Crippen LogP contribution in [0.25, 0.3) is 0 Å². The fourth-order valence-corrected chi connectivity index (χ4v) is 4.19. The van der Waals surface area contributed by atoms with Crippen molar-refractivity contribution in [1.29, 1.82) is 0 Å². The molecule has 1 N–H and O–H groups in total. The number of aliphatic hydroxyl groups is 1. The molecule has 1 saturated heterocycles. The monoisotopic (exact) mass is 406 g/mol. The minimum atomic E-state index is -0.800. The van der Waals surface area contributed by atoms with Gasteiger partial charge in [0.05, 0.1) is 31.8 Å². The van der Waals surface area contributed by atoms with E-state index in [-0.39, 0.29) is 5.41 Å². The Morgan fingerprint density at radius 1 is 0.967 bits per heavy atom. The first-order valence-electron chi connectivity index (χ1n) is 10.8. The lowest BCUT2D eigenvalue weighted by Gasteiger charge is -2.40. The summed E-state index contributed by atoms with van der Waals surface area (Å²) in [4.78, 5) is 0. The molecule has 1 atom stereocenters. The molecule has 0 amide bonds. The summed E-state index contributed by atoms with van der Waals surface area (Å²) in [5.41, 5.74) is 2.83. The van der Waals surface area contributed by atoms with Gasteiger partial charge in [-0.15, -0.1) is 0 Å². The quantitative estimate of drug-likeness (QED) is 0.740. The number of ether oxygens (including phenoxy) is 3. The molecular formula is C26H30O4. The van der Waals surface area contributed by atoms with Crippen molar-refractivity contribution in [3.8, 4) is 11.8 Å². The van der Waals surface area contributed by atoms with Gasteiger partial charge in [-0.05, 0) is 30.9 Å². The molecule has 1 aliphatic carbocycles. The van der Waals surface area contributed by atoms with Gasteiger partial charge in [-0.25, -0.2) is 0 Å². The number of hydrogen-bond acceptors (Lipinski definition) is 4. The van der Waals surface area contributed by atoms with Crippen LogP contribution in [-0.2, 0) is 20.8 Å². The third-order valence-electron chi connectivity index (χ3n) is 6.14. The standard InChI is InChI=1S/C26H30O4/c1-21-7-9-23(10-8-21)24(27)11-12-25(20-28-19-22-5-3-2-4-6-22)13-15-26(16-14-25)29-17-18-30-26/h2-10,24,27H,13-20H2,1H3. The summed E-state index contributed by atoms with van der Waals surface area (Å²) in [6.07, 6.45) is 2.46. The lowest BCUT2D eigenvalue weighted by atomic mass is 9.72. The van der Waals surface area contributed by atoms with Gasteiger partial charge in [-0.3, -0.25) is 0 Å². The van der Waals surface area contributed by atoms with Crippen molar-refractivity contribution in [1.82, 2.24) is 0 Å². The van der Waals surface area contributed by atoms with Crippen molar-refractivity contribution in [2.45, 2.75) is 51.1 Å². The van der Waals surface area contributed by atoms with Gasteiger partial charge < -0.3 is 19.3 Å². The van der Waals surface area contributed by atoms with Gasteiger partial charge in [0.2, 0.25) is 0 Å². The van der Waals surface area contributed by atoms with E-state index in [2.05, 4.69) is 24.0 Å². The van der Waals surface area contributed by atoms with Crippen LogP contribution in [0.1, 0.15) is 48.5 Å². The Hall–Kier alpha value is -2.16. The lowest BCUT2D eigenvalue weighted by Crippen LogP contribution is -2.41. The van der Waals surface area contributed by atoms with E-state index in [1.807, 2.05) is 49.4 Å². The lowest BCUT2D eigenvalue weighted by molar-refractivity contribution is -0.190. The zero-order valence-corrected chi connectivity index (χ0v) is 17.6. The first kappa shape index (κ1) is 21.1. The zero-order valence-electron chi connectivity index (χ0n) is 17.6. The maximum atomic E-state index is 10.6. The van der Waals surface area contributed by atoms with E-state index in [1.165, 1.54) is 5.56 Å². The third-order valence-corrected chi connectivity index (χ3v) is 6.14. The second-order valence-corrected chi connectivity index (χ2v) is 8.45. The molecule has 2 aromatic carbocycles. The zero-order chi connectivity index (χ0) is 20.9. The summed E-state index contributed by atoms with van der Waals surface area (Å²) in [6, 6.07) is 18.0. The Labute approximate surface area is 179 Å². The van der Waals surface area contributed by atoms with Crippen molar-refractivity contribution in [3.05, 3.63) is 71.3 Å². The average molecular weight is 407 g/mol. The van der Waals surface area contributed by atoms with Crippen molar-refractivity contribution in [2.75, 3.05) is 19.8 Å². The highest BCUT2D eigenvalue weighted by Gasteiger charge is 2.46. The summed E-state index contributed by atoms with van der Waals surface area (Å²) in [6.45, 7) is 4.45. The highest BCUT2D eigenvalue weighted by atomic mass is 16.7. The van der Waals surface area contributed by atoms with Crippen LogP contribution in [0.15, 0.2) is 54.6 Å². The van der Waals surface area contributed by atoms with Crippen LogP contribution in [-0.4, -0.2) is 30.7 Å². The molecule has 158 valence electrons. The number of benzene rings is 2. The van der Waals surface area contributed by atoms with Crippen molar-refractivity contribution >= 4 is 0 Å². The first-order chi connectivity index (χ1) is 14.6. The smallest absolute Gasteiger partial charge is 0.168 e. The molecule has 1 saturated carbocycles. The predicted molar refractivity (Wildman–Crippen MR) is 116 cm³/mol. The van der Waals surface area contributed by atoms with Crippen LogP contribution in [0, 0.1) is 24.2 Å². The van der Waals surface area contributed by atoms with Crippen molar-refractivity contribution in [3.63, 3.8) is 0 Å². The maximum Gasteiger partial charge on any atom is 0.168 e. The Morgan fingerprint density at radius 2 is 1.63 bits per heavy atom. The molecule has 1 spiro atoms. The number of hydrogen-bond donors (Lipinski definition) is 1. The normalized spacial score (nSPS) is 20.5. The molecule has 4 heteroatoms. The van der Waals surface area contributed by atoms with Gasteiger partial charge in [0.25, 0.3) is 0 Å². The molecule has 4 nitrogen and oxygen atoms in total. The molecule has 30 heavy (non-hydrogen) atoms. The Kier molecular flexibility index (Phi) is 6.55. The van der Waals surface area contributed by atoms with Crippen LogP contribution in [0.5, 0.6) is 0 Å². The average Bonchev–Trinajstić information content (AvgIpc) is 3.24. The van der Waals surface area contributed by atoms with Crippen molar-refractivity contribution in [2.24, 2.45) is 5.41 Å². The third kappa shape index (κ3) is 5.11. The fourth-order valence-electron chi connectivity index (χ4n) is 4.19. The molecule has 1 aliphatic heterocycles. The van der Waals surface area contributed by atoms with E-state index in [0.29, 0.717) is 26.4 Å². The number of aryl methyl sites for hydroxylation is 1. The van der Waals surface area contributed by atoms with E-state index in [1.54, 1.807) is 0 Å². The minimum absolute atomic E-state index is 0.305. The highest BCUT2D eigenvalue weighted by molar-refractivity contribution is 5.29. The van der Waals surface area contributed by atoms with Crippen LogP contribution < -0.4 is 0 Å². The molecule has 0 aromatic heterocycles. The van der Waals surface area contributed by atoms with Gasteiger partial charge >= 0.3 is 0 Å². The van der Waals surface area contributed by atoms with Crippen LogP contribution in [0.4, 0.5) is 0 Å². The maximum absolute atomic E-state index is 10.6. The predicted octanol–water partition coefficient (Wildman–Crippen LogP) is 4.55. The molecule has 2 aromatic rings. The van der Waals surface area contributed by atoms with Crippen LogP contribution in [0.2, 0.25) is 0 Å². The van der Waals surface area contributed by atoms with Crippen molar-refractivity contribution < 1.29 is 19.3 Å². The van der Waals surface area contributed by atoms with Crippen LogP contribution in [0.3, 0.4) is 0 Å². The summed E-state index contributed by atoms with van der Waals surface area (Å²) >= 11 is 0. The highest BCUT2D eigenvalue weighted by Crippen LogP contribution is 2.45. The molecule has 4 rings (SSSR count). The molecular weight excluding hydrogens is 376 g/mol. The van der Waals surface area contributed by atoms with E-state index in [9.17, 15) is 5.11 Å². The topological polar surface area (TPSA) is 47.9 Å². The van der Waals surface area contributed by atoms with E-state index < -0.39 is 11.9 Å². The Balaban J connectivity index is 1.46. The summed E-state index contributed by atoms with van der Waals surface area (Å²) in [5, 5.41) is 10.6. The van der Waals surface area contributed by atoms with Gasteiger partial charge in [0, 0.05) is 12.8 Å². The molecule has 1 heterocycles. The van der Waals surface area contributed by atoms with Gasteiger partial charge in [0.15, 0.2) is 5.79 Å². The van der Waals surface area contributed by atoms with E-state index in [4.69, 9.17) is 14.2 Å². The number of aliphatic hydroxyl groups excluding tert-OH is 1. The Morgan fingerprint density at radius 3 is 2.30 bits per heavy atom. The second kappa shape index (κ2) is 9.32. The van der Waals surface area contributed by atoms with Crippen LogP contribution >= 0.6 is 0 Å². The molecule has 2 aliphatic rings. The SMILES string of the molecule is Cc1ccc(C(O)C#CC2(COCc3ccccc3)CCC3(CC2)OCCO3)cc1. The summed E-state index contributed by atoms with van der Waals surface area (Å²) in [5.74, 6) is 6.06. The van der Waals surface area contributed by atoms with E-state index >= 15 is 0 Å². The van der Waals surface area contributed by atoms with Gasteiger partial charge in [-0.2, -0.15) is 0 Å². The largest absolute Gasteiger partial charge is 0.376 e. The fraction of sp³-hybridized carbons (Fsp3) is 0.462. The van der Waals surface area contributed by atoms with E-state index in [0.717, 1.165) is 36.8 Å². The molecule has 0 bridgehead atoms. The summed E-state index contributed by atoms with van der Waals surface area (Å²) in [7, 11) is 0. The molecule has 2 fully saturated rings. The molecule has 1 unspecified atom stereocenters. The number of rotatable bonds is 5.